The largest absolute Gasteiger partial charge is 0.472 e. The molecule has 7 heteroatoms. The Morgan fingerprint density at radius 3 is 2.61 bits per heavy atom. The van der Waals surface area contributed by atoms with Crippen LogP contribution in [0.15, 0.2) is 34.9 Å². The van der Waals surface area contributed by atoms with Crippen LogP contribution in [0.25, 0.3) is 11.3 Å². The number of benzene rings is 1. The average molecular weight is 339 g/mol. The number of rotatable bonds is 7. The van der Waals surface area contributed by atoms with Crippen LogP contribution < -0.4 is 4.74 Å². The van der Waals surface area contributed by atoms with Crippen LogP contribution in [0.3, 0.4) is 0 Å². The van der Waals surface area contributed by atoms with Crippen LogP contribution in [0.4, 0.5) is 0 Å². The smallest absolute Gasteiger partial charge is 0.273 e. The molecule has 0 saturated heterocycles. The second kappa shape index (κ2) is 7.48. The Kier molecular flexibility index (Phi) is 5.63. The molecule has 0 unspecified atom stereocenters. The van der Waals surface area contributed by atoms with Crippen LogP contribution in [0.2, 0.25) is 5.02 Å². The number of carbonyl (C=O) groups excluding carboxylic acids is 1. The summed E-state index contributed by atoms with van der Waals surface area (Å²) in [6.07, 6.45) is 0.606. The van der Waals surface area contributed by atoms with Crippen LogP contribution in [-0.2, 0) is 9.63 Å². The van der Waals surface area contributed by atoms with Gasteiger partial charge in [-0.1, -0.05) is 41.9 Å². The fourth-order valence-electron chi connectivity index (χ4n) is 1.83. The summed E-state index contributed by atoms with van der Waals surface area (Å²) in [5.41, 5.74) is 0.345. The number of aromatic nitrogens is 1. The first kappa shape index (κ1) is 17.3. The van der Waals surface area contributed by atoms with Crippen molar-refractivity contribution in [2.24, 2.45) is 0 Å². The molecule has 1 heterocycles. The Balaban J connectivity index is 1.94. The first-order valence-electron chi connectivity index (χ1n) is 7.15. The number of amides is 1. The molecule has 0 bridgehead atoms. The fraction of sp³-hybridized carbons (Fsp3) is 0.375. The summed E-state index contributed by atoms with van der Waals surface area (Å²) in [4.78, 5) is 16.4. The number of nitrogens with zero attached hydrogens (tertiary/aromatic N) is 2. The highest BCUT2D eigenvalue weighted by Gasteiger charge is 2.19. The molecule has 0 saturated carbocycles. The van der Waals surface area contributed by atoms with Gasteiger partial charge in [0.1, 0.15) is 6.61 Å². The van der Waals surface area contributed by atoms with Crippen molar-refractivity contribution in [2.45, 2.75) is 26.4 Å². The maximum Gasteiger partial charge on any atom is 0.273 e. The van der Waals surface area contributed by atoms with Gasteiger partial charge >= 0.3 is 0 Å². The highest BCUT2D eigenvalue weighted by molar-refractivity contribution is 6.34. The van der Waals surface area contributed by atoms with Crippen molar-refractivity contribution in [3.8, 4) is 17.2 Å². The quantitative estimate of drug-likeness (QED) is 0.570. The molecule has 1 aromatic carbocycles. The van der Waals surface area contributed by atoms with Gasteiger partial charge < -0.3 is 9.26 Å². The van der Waals surface area contributed by atoms with Gasteiger partial charge in [-0.05, 0) is 25.9 Å². The van der Waals surface area contributed by atoms with E-state index >= 15 is 0 Å². The highest BCUT2D eigenvalue weighted by atomic mass is 35.5. The topological polar surface area (TPSA) is 64.8 Å². The lowest BCUT2D eigenvalue weighted by molar-refractivity contribution is -0.217. The van der Waals surface area contributed by atoms with Crippen molar-refractivity contribution in [3.63, 3.8) is 0 Å². The zero-order valence-corrected chi connectivity index (χ0v) is 14.0. The van der Waals surface area contributed by atoms with E-state index in [9.17, 15) is 4.79 Å². The van der Waals surface area contributed by atoms with E-state index in [4.69, 9.17) is 25.7 Å². The van der Waals surface area contributed by atoms with Crippen molar-refractivity contribution in [2.75, 3.05) is 13.2 Å². The van der Waals surface area contributed by atoms with Gasteiger partial charge in [-0.2, -0.15) is 0 Å². The van der Waals surface area contributed by atoms with Crippen LogP contribution in [0.1, 0.15) is 20.8 Å². The van der Waals surface area contributed by atoms with E-state index in [1.807, 2.05) is 51.1 Å². The molecule has 0 aliphatic rings. The summed E-state index contributed by atoms with van der Waals surface area (Å²) < 4.78 is 10.7. The molecule has 2 rings (SSSR count). The Morgan fingerprint density at radius 1 is 1.30 bits per heavy atom. The Bertz CT molecular complexity index is 637. The van der Waals surface area contributed by atoms with E-state index in [0.717, 1.165) is 5.56 Å². The lowest BCUT2D eigenvalue weighted by Crippen LogP contribution is -2.35. The molecule has 23 heavy (non-hydrogen) atoms. The van der Waals surface area contributed by atoms with Gasteiger partial charge in [0.2, 0.25) is 6.41 Å². The number of carbonyl (C=O) groups is 1. The molecule has 1 aromatic heterocycles. The predicted molar refractivity (Wildman–Crippen MR) is 86.1 cm³/mol. The van der Waals surface area contributed by atoms with E-state index in [1.54, 1.807) is 0 Å². The molecule has 0 fully saturated rings. The second-order valence-electron chi connectivity index (χ2n) is 5.80. The standard InChI is InChI=1S/C16H19ClN2O4/c1-16(2,3)23-19(11-20)9-10-21-15-13(17)14(22-18-15)12-7-5-4-6-8-12/h4-8,11H,9-10H2,1-3H3. The van der Waals surface area contributed by atoms with Gasteiger partial charge in [-0.25, -0.2) is 5.06 Å². The van der Waals surface area contributed by atoms with Crippen LogP contribution in [0, 0.1) is 0 Å². The molecule has 0 aliphatic carbocycles. The Labute approximate surface area is 139 Å². The van der Waals surface area contributed by atoms with Crippen molar-refractivity contribution in [3.05, 3.63) is 35.4 Å². The van der Waals surface area contributed by atoms with Crippen molar-refractivity contribution < 1.29 is 18.9 Å². The molecule has 1 amide bonds. The number of hydrogen-bond acceptors (Lipinski definition) is 5. The molecule has 124 valence electrons. The van der Waals surface area contributed by atoms with Gasteiger partial charge in [0, 0.05) is 5.56 Å². The zero-order chi connectivity index (χ0) is 16.9. The first-order chi connectivity index (χ1) is 10.9. The summed E-state index contributed by atoms with van der Waals surface area (Å²) in [6, 6.07) is 9.37. The van der Waals surface area contributed by atoms with E-state index in [1.165, 1.54) is 5.06 Å². The molecule has 0 aliphatic heterocycles. The van der Waals surface area contributed by atoms with Crippen LogP contribution in [-0.4, -0.2) is 35.4 Å². The second-order valence-corrected chi connectivity index (χ2v) is 6.17. The molecule has 0 spiro atoms. The molecule has 6 nitrogen and oxygen atoms in total. The summed E-state index contributed by atoms with van der Waals surface area (Å²) in [7, 11) is 0. The fourth-order valence-corrected chi connectivity index (χ4v) is 2.06. The molecule has 0 N–H and O–H groups in total. The lowest BCUT2D eigenvalue weighted by atomic mass is 10.2. The SMILES string of the molecule is CC(C)(C)ON(C=O)CCOc1noc(-c2ccccc2)c1Cl. The van der Waals surface area contributed by atoms with Gasteiger partial charge in [0.05, 0.1) is 12.1 Å². The predicted octanol–water partition coefficient (Wildman–Crippen LogP) is 3.56. The van der Waals surface area contributed by atoms with E-state index < -0.39 is 5.60 Å². The van der Waals surface area contributed by atoms with E-state index in [-0.39, 0.29) is 19.0 Å². The minimum absolute atomic E-state index is 0.176. The summed E-state index contributed by atoms with van der Waals surface area (Å²) in [5.74, 6) is 0.632. The average Bonchev–Trinajstić information content (AvgIpc) is 2.87. The Morgan fingerprint density at radius 2 is 2.00 bits per heavy atom. The molecular formula is C16H19ClN2O4. The monoisotopic (exact) mass is 338 g/mol. The molecule has 2 aromatic rings. The van der Waals surface area contributed by atoms with Crippen molar-refractivity contribution in [1.82, 2.24) is 10.2 Å². The number of hydrogen-bond donors (Lipinski definition) is 0. The minimum atomic E-state index is -0.465. The van der Waals surface area contributed by atoms with Crippen molar-refractivity contribution in [1.29, 1.82) is 0 Å². The molecule has 0 atom stereocenters. The summed E-state index contributed by atoms with van der Waals surface area (Å²) in [5, 5.41) is 5.28. The van der Waals surface area contributed by atoms with Gasteiger partial charge in [0.15, 0.2) is 10.8 Å². The Hall–Kier alpha value is -2.05. The van der Waals surface area contributed by atoms with E-state index in [2.05, 4.69) is 5.16 Å². The third kappa shape index (κ3) is 4.97. The third-order valence-electron chi connectivity index (χ3n) is 2.70. The van der Waals surface area contributed by atoms with Gasteiger partial charge in [-0.3, -0.25) is 9.63 Å². The normalized spacial score (nSPS) is 11.3. The van der Waals surface area contributed by atoms with Gasteiger partial charge in [0.25, 0.3) is 5.88 Å². The molecular weight excluding hydrogens is 320 g/mol. The maximum atomic E-state index is 11.0. The number of ether oxygens (including phenoxy) is 1. The molecule has 0 radical (unpaired) electrons. The van der Waals surface area contributed by atoms with E-state index in [0.29, 0.717) is 17.2 Å². The maximum absolute atomic E-state index is 11.0. The lowest BCUT2D eigenvalue weighted by Gasteiger charge is -2.26. The minimum Gasteiger partial charge on any atom is -0.472 e. The number of halogens is 1. The highest BCUT2D eigenvalue weighted by Crippen LogP contribution is 2.34. The summed E-state index contributed by atoms with van der Waals surface area (Å²) in [6.45, 7) is 5.97. The van der Waals surface area contributed by atoms with Crippen LogP contribution >= 0.6 is 11.6 Å². The van der Waals surface area contributed by atoms with Gasteiger partial charge in [-0.15, -0.1) is 0 Å². The zero-order valence-electron chi connectivity index (χ0n) is 13.3. The third-order valence-corrected chi connectivity index (χ3v) is 3.04. The van der Waals surface area contributed by atoms with Crippen LogP contribution in [0.5, 0.6) is 5.88 Å². The van der Waals surface area contributed by atoms with Crippen molar-refractivity contribution >= 4 is 18.0 Å². The summed E-state index contributed by atoms with van der Waals surface area (Å²) >= 11 is 6.22. The number of hydroxylamine groups is 2. The first-order valence-corrected chi connectivity index (χ1v) is 7.53.